The average molecular weight is 258 g/mol. The fourth-order valence-corrected chi connectivity index (χ4v) is 2.33. The fraction of sp³-hybridized carbons (Fsp3) is 0.833. The van der Waals surface area contributed by atoms with Gasteiger partial charge in [-0.3, -0.25) is 4.79 Å². The second-order valence-electron chi connectivity index (χ2n) is 4.61. The summed E-state index contributed by atoms with van der Waals surface area (Å²) in [5, 5.41) is 15.3. The molecule has 6 nitrogen and oxygen atoms in total. The maximum absolute atomic E-state index is 12.1. The van der Waals surface area contributed by atoms with Crippen LogP contribution in [-0.4, -0.2) is 48.8 Å². The van der Waals surface area contributed by atoms with Gasteiger partial charge in [0.1, 0.15) is 0 Å². The molecule has 0 aromatic heterocycles. The Bertz CT molecular complexity index is 300. The lowest BCUT2D eigenvalue weighted by Crippen LogP contribution is -2.55. The molecular formula is C12H22N2O4. The van der Waals surface area contributed by atoms with Crippen LogP contribution >= 0.6 is 0 Å². The fourth-order valence-electron chi connectivity index (χ4n) is 2.33. The molecule has 0 radical (unpaired) electrons. The lowest BCUT2D eigenvalue weighted by molar-refractivity contribution is -0.150. The Morgan fingerprint density at radius 3 is 2.78 bits per heavy atom. The number of esters is 1. The van der Waals surface area contributed by atoms with Crippen LogP contribution in [0.4, 0.5) is 0 Å². The summed E-state index contributed by atoms with van der Waals surface area (Å²) in [7, 11) is 1.20. The first kappa shape index (κ1) is 14.9. The summed E-state index contributed by atoms with van der Waals surface area (Å²) in [5.74, 6) is -0.885. The van der Waals surface area contributed by atoms with Crippen molar-refractivity contribution in [2.24, 2.45) is 0 Å². The lowest BCUT2D eigenvalue weighted by atomic mass is 9.91. The Morgan fingerprint density at radius 2 is 2.28 bits per heavy atom. The van der Waals surface area contributed by atoms with Crippen molar-refractivity contribution in [3.8, 4) is 0 Å². The predicted octanol–water partition coefficient (Wildman–Crippen LogP) is -0.441. The highest BCUT2D eigenvalue weighted by Gasteiger charge is 2.40. The van der Waals surface area contributed by atoms with Gasteiger partial charge in [-0.2, -0.15) is 0 Å². The Hall–Kier alpha value is -1.14. The summed E-state index contributed by atoms with van der Waals surface area (Å²) in [4.78, 5) is 23.1. The molecule has 0 saturated carbocycles. The first-order chi connectivity index (χ1) is 8.55. The number of methoxy groups -OCH3 is 1. The van der Waals surface area contributed by atoms with Crippen molar-refractivity contribution < 1.29 is 19.4 Å². The maximum Gasteiger partial charge on any atom is 0.336 e. The number of hydrogen-bond donors (Lipinski definition) is 3. The number of rotatable bonds is 6. The topological polar surface area (TPSA) is 87.7 Å². The first-order valence-corrected chi connectivity index (χ1v) is 6.35. The molecule has 0 aliphatic carbocycles. The van der Waals surface area contributed by atoms with E-state index in [4.69, 9.17) is 0 Å². The van der Waals surface area contributed by atoms with Crippen LogP contribution in [0, 0.1) is 0 Å². The van der Waals surface area contributed by atoms with Crippen LogP contribution < -0.4 is 10.6 Å². The van der Waals surface area contributed by atoms with Crippen molar-refractivity contribution in [3.05, 3.63) is 0 Å². The van der Waals surface area contributed by atoms with Crippen molar-refractivity contribution in [2.45, 2.75) is 44.2 Å². The number of ether oxygens (including phenoxy) is 1. The largest absolute Gasteiger partial charge is 0.467 e. The van der Waals surface area contributed by atoms with Gasteiger partial charge in [0.05, 0.1) is 19.2 Å². The van der Waals surface area contributed by atoms with Gasteiger partial charge >= 0.3 is 5.97 Å². The van der Waals surface area contributed by atoms with Crippen LogP contribution in [0.3, 0.4) is 0 Å². The zero-order chi connectivity index (χ0) is 13.6. The molecule has 2 unspecified atom stereocenters. The van der Waals surface area contributed by atoms with Crippen LogP contribution in [-0.2, 0) is 14.3 Å². The van der Waals surface area contributed by atoms with E-state index in [2.05, 4.69) is 15.4 Å². The monoisotopic (exact) mass is 258 g/mol. The molecule has 3 N–H and O–H groups in total. The lowest BCUT2D eigenvalue weighted by Gasteiger charge is -2.28. The van der Waals surface area contributed by atoms with Gasteiger partial charge in [0, 0.05) is 0 Å². The zero-order valence-corrected chi connectivity index (χ0v) is 11.0. The van der Waals surface area contributed by atoms with E-state index in [1.54, 1.807) is 0 Å². The quantitative estimate of drug-likeness (QED) is 0.562. The number of hydrogen-bond acceptors (Lipinski definition) is 5. The molecular weight excluding hydrogens is 236 g/mol. The molecule has 2 atom stereocenters. The SMILES string of the molecule is CCCC1(C(=O)NCC(O)C(=O)OC)CCCN1. The molecule has 0 aromatic rings. The number of amides is 1. The van der Waals surface area contributed by atoms with Gasteiger partial charge in [0.15, 0.2) is 6.10 Å². The van der Waals surface area contributed by atoms with E-state index in [1.165, 1.54) is 7.11 Å². The Kier molecular flexibility index (Phi) is 5.55. The second kappa shape index (κ2) is 6.70. The average Bonchev–Trinajstić information content (AvgIpc) is 2.84. The van der Waals surface area contributed by atoms with Gasteiger partial charge in [-0.05, 0) is 25.8 Å². The van der Waals surface area contributed by atoms with Crippen molar-refractivity contribution in [3.63, 3.8) is 0 Å². The second-order valence-corrected chi connectivity index (χ2v) is 4.61. The standard InChI is InChI=1S/C12H22N2O4/c1-3-5-12(6-4-7-14-12)11(17)13-8-9(15)10(16)18-2/h9,14-15H,3-8H2,1-2H3,(H,13,17). The Labute approximate surface area is 107 Å². The van der Waals surface area contributed by atoms with E-state index in [1.807, 2.05) is 6.92 Å². The Balaban J connectivity index is 2.50. The van der Waals surface area contributed by atoms with Crippen molar-refractivity contribution in [1.82, 2.24) is 10.6 Å². The van der Waals surface area contributed by atoms with Gasteiger partial charge in [0.25, 0.3) is 0 Å². The van der Waals surface area contributed by atoms with Gasteiger partial charge in [-0.1, -0.05) is 13.3 Å². The van der Waals surface area contributed by atoms with E-state index >= 15 is 0 Å². The normalized spacial score (nSPS) is 24.6. The highest BCUT2D eigenvalue weighted by molar-refractivity contribution is 5.87. The summed E-state index contributed by atoms with van der Waals surface area (Å²) in [6.45, 7) is 2.74. The van der Waals surface area contributed by atoms with Gasteiger partial charge < -0.3 is 20.5 Å². The minimum Gasteiger partial charge on any atom is -0.467 e. The van der Waals surface area contributed by atoms with Gasteiger partial charge in [-0.25, -0.2) is 4.79 Å². The van der Waals surface area contributed by atoms with E-state index in [9.17, 15) is 14.7 Å². The molecule has 1 aliphatic heterocycles. The highest BCUT2D eigenvalue weighted by atomic mass is 16.5. The third kappa shape index (κ3) is 3.43. The van der Waals surface area contributed by atoms with Gasteiger partial charge in [0.2, 0.25) is 5.91 Å². The molecule has 0 spiro atoms. The summed E-state index contributed by atoms with van der Waals surface area (Å²) < 4.78 is 4.39. The Morgan fingerprint density at radius 1 is 1.56 bits per heavy atom. The molecule has 1 heterocycles. The minimum absolute atomic E-state index is 0.112. The zero-order valence-electron chi connectivity index (χ0n) is 11.0. The molecule has 1 amide bonds. The van der Waals surface area contributed by atoms with E-state index < -0.39 is 17.6 Å². The molecule has 104 valence electrons. The molecule has 6 heteroatoms. The van der Waals surface area contributed by atoms with Crippen LogP contribution in [0.5, 0.6) is 0 Å². The predicted molar refractivity (Wildman–Crippen MR) is 65.9 cm³/mol. The third-order valence-corrected chi connectivity index (χ3v) is 3.28. The van der Waals surface area contributed by atoms with Crippen molar-refractivity contribution >= 4 is 11.9 Å². The number of aliphatic hydroxyl groups excluding tert-OH is 1. The first-order valence-electron chi connectivity index (χ1n) is 6.35. The molecule has 18 heavy (non-hydrogen) atoms. The highest BCUT2D eigenvalue weighted by Crippen LogP contribution is 2.24. The molecule has 0 bridgehead atoms. The summed E-state index contributed by atoms with van der Waals surface area (Å²) >= 11 is 0. The molecule has 1 fully saturated rings. The van der Waals surface area contributed by atoms with E-state index in [-0.39, 0.29) is 12.5 Å². The summed E-state index contributed by atoms with van der Waals surface area (Å²) in [6, 6.07) is 0. The van der Waals surface area contributed by atoms with Crippen LogP contribution in [0.15, 0.2) is 0 Å². The van der Waals surface area contributed by atoms with Crippen LogP contribution in [0.25, 0.3) is 0 Å². The van der Waals surface area contributed by atoms with Crippen LogP contribution in [0.1, 0.15) is 32.6 Å². The molecule has 1 rings (SSSR count). The molecule has 0 aromatic carbocycles. The third-order valence-electron chi connectivity index (χ3n) is 3.28. The number of carbonyl (C=O) groups is 2. The number of aliphatic hydroxyl groups is 1. The molecule has 1 saturated heterocycles. The smallest absolute Gasteiger partial charge is 0.336 e. The maximum atomic E-state index is 12.1. The molecule has 1 aliphatic rings. The minimum atomic E-state index is -1.31. The summed E-state index contributed by atoms with van der Waals surface area (Å²) in [6.07, 6.45) is 2.11. The van der Waals surface area contributed by atoms with Crippen LogP contribution in [0.2, 0.25) is 0 Å². The van der Waals surface area contributed by atoms with Crippen molar-refractivity contribution in [2.75, 3.05) is 20.2 Å². The number of carbonyl (C=O) groups excluding carboxylic acids is 2. The number of nitrogens with one attached hydrogen (secondary N) is 2. The van der Waals surface area contributed by atoms with Gasteiger partial charge in [-0.15, -0.1) is 0 Å². The summed E-state index contributed by atoms with van der Waals surface area (Å²) in [5.41, 5.74) is -0.537. The van der Waals surface area contributed by atoms with E-state index in [0.717, 1.165) is 32.2 Å². The van der Waals surface area contributed by atoms with E-state index in [0.29, 0.717) is 0 Å². The van der Waals surface area contributed by atoms with Crippen molar-refractivity contribution in [1.29, 1.82) is 0 Å².